The van der Waals surface area contributed by atoms with Crippen LogP contribution in [0.15, 0.2) is 28.4 Å². The van der Waals surface area contributed by atoms with E-state index in [1.807, 2.05) is 32.0 Å². The van der Waals surface area contributed by atoms with Gasteiger partial charge >= 0.3 is 6.03 Å². The third kappa shape index (κ3) is 3.35. The van der Waals surface area contributed by atoms with Crippen molar-refractivity contribution in [2.24, 2.45) is 0 Å². The second kappa shape index (κ2) is 5.44. The van der Waals surface area contributed by atoms with Gasteiger partial charge in [0.15, 0.2) is 0 Å². The Labute approximate surface area is 119 Å². The molecule has 3 amide bonds. The minimum Gasteiger partial charge on any atom is -0.490 e. The van der Waals surface area contributed by atoms with Crippen LogP contribution in [0.3, 0.4) is 0 Å². The number of amides is 3. The first-order valence-corrected chi connectivity index (χ1v) is 6.55. The van der Waals surface area contributed by atoms with Gasteiger partial charge in [0, 0.05) is 0 Å². The molecule has 2 N–H and O–H groups in total. The van der Waals surface area contributed by atoms with E-state index in [4.69, 9.17) is 4.74 Å². The van der Waals surface area contributed by atoms with Crippen LogP contribution in [0.2, 0.25) is 0 Å². The Kier molecular flexibility index (Phi) is 3.90. The number of carbonyl (C=O) groups excluding carboxylic acids is 2. The molecule has 1 aromatic carbocycles. The Morgan fingerprint density at radius 3 is 2.53 bits per heavy atom. The molecule has 6 heteroatoms. The Morgan fingerprint density at radius 1 is 1.26 bits per heavy atom. The molecular formula is C13H13BrN2O3. The lowest BCUT2D eigenvalue weighted by Crippen LogP contribution is -2.22. The summed E-state index contributed by atoms with van der Waals surface area (Å²) in [6.07, 6.45) is 1.69. The third-order valence-corrected chi connectivity index (χ3v) is 2.97. The number of hydrogen-bond acceptors (Lipinski definition) is 3. The first-order valence-electron chi connectivity index (χ1n) is 5.76. The summed E-state index contributed by atoms with van der Waals surface area (Å²) in [5.74, 6) is 0.306. The molecule has 1 aliphatic heterocycles. The van der Waals surface area contributed by atoms with Crippen molar-refractivity contribution in [3.63, 3.8) is 0 Å². The summed E-state index contributed by atoms with van der Waals surface area (Å²) in [4.78, 5) is 22.4. The topological polar surface area (TPSA) is 67.4 Å². The first-order chi connectivity index (χ1) is 8.95. The smallest absolute Gasteiger partial charge is 0.326 e. The number of imide groups is 1. The van der Waals surface area contributed by atoms with E-state index >= 15 is 0 Å². The summed E-state index contributed by atoms with van der Waals surface area (Å²) in [5, 5.41) is 4.58. The maximum Gasteiger partial charge on any atom is 0.326 e. The summed E-state index contributed by atoms with van der Waals surface area (Å²) in [7, 11) is 0. The van der Waals surface area contributed by atoms with Crippen molar-refractivity contribution in [3.05, 3.63) is 33.9 Å². The van der Waals surface area contributed by atoms with E-state index in [0.29, 0.717) is 0 Å². The molecule has 100 valence electrons. The SMILES string of the molecule is CC(C)Oc1ccc(C=C2NC(=O)NC2=O)cc1Br. The van der Waals surface area contributed by atoms with Crippen LogP contribution in [0.25, 0.3) is 6.08 Å². The van der Waals surface area contributed by atoms with E-state index in [0.717, 1.165) is 15.8 Å². The van der Waals surface area contributed by atoms with Gasteiger partial charge in [0.2, 0.25) is 0 Å². The highest BCUT2D eigenvalue weighted by atomic mass is 79.9. The average Bonchev–Trinajstić information content (AvgIpc) is 2.61. The average molecular weight is 325 g/mol. The standard InChI is InChI=1S/C13H13BrN2O3/c1-7(2)19-11-4-3-8(5-9(11)14)6-10-12(17)16-13(18)15-10/h3-7H,1-2H3,(H2,15,16,17,18). The fourth-order valence-electron chi connectivity index (χ4n) is 1.61. The Bertz CT molecular complexity index is 567. The van der Waals surface area contributed by atoms with E-state index in [-0.39, 0.29) is 11.8 Å². The zero-order chi connectivity index (χ0) is 14.0. The first kappa shape index (κ1) is 13.6. The largest absolute Gasteiger partial charge is 0.490 e. The lowest BCUT2D eigenvalue weighted by atomic mass is 10.2. The number of halogens is 1. The van der Waals surface area contributed by atoms with Gasteiger partial charge in [0.25, 0.3) is 5.91 Å². The molecule has 2 rings (SSSR count). The van der Waals surface area contributed by atoms with Gasteiger partial charge < -0.3 is 10.1 Å². The number of rotatable bonds is 3. The highest BCUT2D eigenvalue weighted by Crippen LogP contribution is 2.27. The molecule has 0 aliphatic carbocycles. The van der Waals surface area contributed by atoms with E-state index in [9.17, 15) is 9.59 Å². The number of urea groups is 1. The molecule has 0 spiro atoms. The van der Waals surface area contributed by atoms with Crippen LogP contribution in [-0.4, -0.2) is 18.0 Å². The Balaban J connectivity index is 2.23. The quantitative estimate of drug-likeness (QED) is 0.662. The molecule has 19 heavy (non-hydrogen) atoms. The van der Waals surface area contributed by atoms with E-state index < -0.39 is 11.9 Å². The van der Waals surface area contributed by atoms with Crippen molar-refractivity contribution < 1.29 is 14.3 Å². The van der Waals surface area contributed by atoms with Crippen LogP contribution in [0.5, 0.6) is 5.75 Å². The van der Waals surface area contributed by atoms with E-state index in [1.54, 1.807) is 6.08 Å². The number of benzene rings is 1. The summed E-state index contributed by atoms with van der Waals surface area (Å²) >= 11 is 3.41. The van der Waals surface area contributed by atoms with Gasteiger partial charge in [-0.3, -0.25) is 10.1 Å². The fraction of sp³-hybridized carbons (Fsp3) is 0.231. The summed E-state index contributed by atoms with van der Waals surface area (Å²) < 4.78 is 6.38. The van der Waals surface area contributed by atoms with Crippen molar-refractivity contribution in [3.8, 4) is 5.75 Å². The van der Waals surface area contributed by atoms with Gasteiger partial charge in [-0.25, -0.2) is 4.79 Å². The third-order valence-electron chi connectivity index (χ3n) is 2.35. The van der Waals surface area contributed by atoms with Crippen molar-refractivity contribution in [1.29, 1.82) is 0 Å². The lowest BCUT2D eigenvalue weighted by molar-refractivity contribution is -0.115. The molecule has 1 heterocycles. The van der Waals surface area contributed by atoms with Crippen LogP contribution in [-0.2, 0) is 4.79 Å². The summed E-state index contributed by atoms with van der Waals surface area (Å²) in [6, 6.07) is 4.94. The molecule has 1 aromatic rings. The molecular weight excluding hydrogens is 312 g/mol. The predicted molar refractivity (Wildman–Crippen MR) is 74.6 cm³/mol. The van der Waals surface area contributed by atoms with Gasteiger partial charge in [0.05, 0.1) is 10.6 Å². The van der Waals surface area contributed by atoms with Crippen molar-refractivity contribution in [1.82, 2.24) is 10.6 Å². The summed E-state index contributed by atoms with van der Waals surface area (Å²) in [5.41, 5.74) is 1.02. The lowest BCUT2D eigenvalue weighted by Gasteiger charge is -2.11. The summed E-state index contributed by atoms with van der Waals surface area (Å²) in [6.45, 7) is 3.89. The van der Waals surface area contributed by atoms with Crippen molar-refractivity contribution in [2.75, 3.05) is 0 Å². The van der Waals surface area contributed by atoms with Crippen LogP contribution in [0, 0.1) is 0 Å². The molecule has 0 bridgehead atoms. The monoisotopic (exact) mass is 324 g/mol. The molecule has 1 saturated heterocycles. The van der Waals surface area contributed by atoms with Gasteiger partial charge in [-0.2, -0.15) is 0 Å². The fourth-order valence-corrected chi connectivity index (χ4v) is 2.10. The Hall–Kier alpha value is -1.82. The van der Waals surface area contributed by atoms with Crippen LogP contribution < -0.4 is 15.4 Å². The number of nitrogens with one attached hydrogen (secondary N) is 2. The molecule has 1 fully saturated rings. The van der Waals surface area contributed by atoms with Crippen LogP contribution in [0.1, 0.15) is 19.4 Å². The van der Waals surface area contributed by atoms with Gasteiger partial charge in [-0.15, -0.1) is 0 Å². The van der Waals surface area contributed by atoms with E-state index in [2.05, 4.69) is 26.6 Å². The number of hydrogen-bond donors (Lipinski definition) is 2. The van der Waals surface area contributed by atoms with E-state index in [1.165, 1.54) is 0 Å². The zero-order valence-corrected chi connectivity index (χ0v) is 12.1. The minimum absolute atomic E-state index is 0.0837. The second-order valence-electron chi connectivity index (χ2n) is 4.32. The second-order valence-corrected chi connectivity index (χ2v) is 5.18. The highest BCUT2D eigenvalue weighted by Gasteiger charge is 2.22. The Morgan fingerprint density at radius 2 is 2.00 bits per heavy atom. The molecule has 0 radical (unpaired) electrons. The maximum atomic E-state index is 11.4. The zero-order valence-electron chi connectivity index (χ0n) is 10.5. The van der Waals surface area contributed by atoms with Gasteiger partial charge in [-0.1, -0.05) is 6.07 Å². The van der Waals surface area contributed by atoms with Crippen LogP contribution in [0.4, 0.5) is 4.79 Å². The van der Waals surface area contributed by atoms with Gasteiger partial charge in [0.1, 0.15) is 11.4 Å². The normalized spacial score (nSPS) is 16.7. The highest BCUT2D eigenvalue weighted by molar-refractivity contribution is 9.10. The molecule has 0 unspecified atom stereocenters. The molecule has 0 saturated carbocycles. The molecule has 0 atom stereocenters. The predicted octanol–water partition coefficient (Wildman–Crippen LogP) is 2.42. The van der Waals surface area contributed by atoms with Crippen LogP contribution >= 0.6 is 15.9 Å². The molecule has 5 nitrogen and oxygen atoms in total. The van der Waals surface area contributed by atoms with Gasteiger partial charge in [-0.05, 0) is 53.5 Å². The maximum absolute atomic E-state index is 11.4. The number of ether oxygens (including phenoxy) is 1. The van der Waals surface area contributed by atoms with Crippen molar-refractivity contribution in [2.45, 2.75) is 20.0 Å². The minimum atomic E-state index is -0.505. The van der Waals surface area contributed by atoms with Crippen molar-refractivity contribution >= 4 is 33.9 Å². The molecule has 1 aliphatic rings. The molecule has 0 aromatic heterocycles. The number of carbonyl (C=O) groups is 2.